The van der Waals surface area contributed by atoms with Crippen LogP contribution in [-0.2, 0) is 14.3 Å². The lowest BCUT2D eigenvalue weighted by Gasteiger charge is -2.26. The number of thiophene rings is 1. The predicted molar refractivity (Wildman–Crippen MR) is 74.7 cm³/mol. The zero-order valence-corrected chi connectivity index (χ0v) is 12.9. The first-order valence-corrected chi connectivity index (χ1v) is 7.52. The van der Waals surface area contributed by atoms with Crippen molar-refractivity contribution in [3.63, 3.8) is 0 Å². The Morgan fingerprint density at radius 2 is 2.16 bits per heavy atom. The van der Waals surface area contributed by atoms with E-state index in [-0.39, 0.29) is 24.2 Å². The summed E-state index contributed by atoms with van der Waals surface area (Å²) in [5, 5.41) is 2.79. The highest BCUT2D eigenvalue weighted by Gasteiger charge is 2.47. The van der Waals surface area contributed by atoms with E-state index in [1.165, 1.54) is 0 Å². The Balaban J connectivity index is 2.12. The van der Waals surface area contributed by atoms with E-state index in [9.17, 15) is 9.59 Å². The van der Waals surface area contributed by atoms with Gasteiger partial charge in [-0.15, -0.1) is 11.3 Å². The minimum atomic E-state index is -0.755. The molecule has 19 heavy (non-hydrogen) atoms. The van der Waals surface area contributed by atoms with Gasteiger partial charge in [0.2, 0.25) is 5.91 Å². The highest BCUT2D eigenvalue weighted by molar-refractivity contribution is 9.11. The van der Waals surface area contributed by atoms with Crippen molar-refractivity contribution in [3.8, 4) is 0 Å². The number of cyclic esters (lactones) is 1. The number of amides is 1. The van der Waals surface area contributed by atoms with Crippen molar-refractivity contribution in [2.75, 3.05) is 0 Å². The second-order valence-electron chi connectivity index (χ2n) is 5.14. The molecule has 0 aromatic carbocycles. The Morgan fingerprint density at radius 1 is 1.42 bits per heavy atom. The van der Waals surface area contributed by atoms with Crippen molar-refractivity contribution in [3.05, 3.63) is 32.1 Å². The Bertz CT molecular complexity index is 617. The minimum absolute atomic E-state index is 0.0698. The zero-order chi connectivity index (χ0) is 13.8. The van der Waals surface area contributed by atoms with Crippen LogP contribution < -0.4 is 5.32 Å². The lowest BCUT2D eigenvalue weighted by molar-refractivity contribution is -0.144. The first-order valence-electron chi connectivity index (χ1n) is 5.91. The molecule has 4 nitrogen and oxygen atoms in total. The Labute approximate surface area is 123 Å². The molecule has 100 valence electrons. The maximum Gasteiger partial charge on any atom is 0.337 e. The quantitative estimate of drug-likeness (QED) is 0.799. The van der Waals surface area contributed by atoms with E-state index in [1.807, 2.05) is 12.1 Å². The molecule has 1 aromatic rings. The molecule has 1 unspecified atom stereocenters. The van der Waals surface area contributed by atoms with Gasteiger partial charge < -0.3 is 10.1 Å². The first-order chi connectivity index (χ1) is 8.88. The van der Waals surface area contributed by atoms with Crippen LogP contribution in [0, 0.1) is 0 Å². The molecule has 0 radical (unpaired) electrons. The van der Waals surface area contributed by atoms with Crippen LogP contribution in [0.5, 0.6) is 0 Å². The number of hydrogen-bond donors (Lipinski definition) is 1. The monoisotopic (exact) mass is 341 g/mol. The fraction of sp³-hybridized carbons (Fsp3) is 0.385. The Morgan fingerprint density at radius 3 is 2.79 bits per heavy atom. The molecule has 0 aliphatic carbocycles. The molecule has 0 saturated heterocycles. The summed E-state index contributed by atoms with van der Waals surface area (Å²) in [5.41, 5.74) is 0.456. The van der Waals surface area contributed by atoms with Gasteiger partial charge in [0.15, 0.2) is 0 Å². The van der Waals surface area contributed by atoms with Crippen LogP contribution in [-0.4, -0.2) is 17.5 Å². The van der Waals surface area contributed by atoms with Crippen molar-refractivity contribution in [1.82, 2.24) is 5.32 Å². The van der Waals surface area contributed by atoms with Gasteiger partial charge in [-0.1, -0.05) is 0 Å². The highest BCUT2D eigenvalue weighted by atomic mass is 79.9. The minimum Gasteiger partial charge on any atom is -0.450 e. The first kappa shape index (κ1) is 12.9. The van der Waals surface area contributed by atoms with Crippen molar-refractivity contribution >= 4 is 39.1 Å². The number of nitrogens with one attached hydrogen (secondary N) is 1. The van der Waals surface area contributed by atoms with E-state index in [0.29, 0.717) is 11.3 Å². The van der Waals surface area contributed by atoms with Crippen molar-refractivity contribution in [2.24, 2.45) is 0 Å². The average Bonchev–Trinajstić information content (AvgIpc) is 2.81. The molecule has 0 fully saturated rings. The fourth-order valence-electron chi connectivity index (χ4n) is 2.53. The summed E-state index contributed by atoms with van der Waals surface area (Å²) in [6.07, 6.45) is 0.289. The third-order valence-corrected chi connectivity index (χ3v) is 5.12. The topological polar surface area (TPSA) is 55.4 Å². The largest absolute Gasteiger partial charge is 0.450 e. The van der Waals surface area contributed by atoms with Gasteiger partial charge >= 0.3 is 5.97 Å². The number of ether oxygens (including phenoxy) is 1. The molecule has 3 rings (SSSR count). The van der Waals surface area contributed by atoms with Gasteiger partial charge in [0.1, 0.15) is 5.60 Å². The summed E-state index contributed by atoms with van der Waals surface area (Å²) in [4.78, 5) is 25.0. The van der Waals surface area contributed by atoms with Gasteiger partial charge in [0, 0.05) is 17.2 Å². The van der Waals surface area contributed by atoms with Gasteiger partial charge in [-0.2, -0.15) is 0 Å². The second-order valence-corrected chi connectivity index (χ2v) is 7.63. The van der Waals surface area contributed by atoms with Crippen LogP contribution in [0.15, 0.2) is 27.2 Å². The summed E-state index contributed by atoms with van der Waals surface area (Å²) < 4.78 is 6.36. The Hall–Kier alpha value is -1.14. The number of carbonyl (C=O) groups excluding carboxylic acids is 2. The van der Waals surface area contributed by atoms with Crippen LogP contribution in [0.1, 0.15) is 31.1 Å². The van der Waals surface area contributed by atoms with Crippen LogP contribution in [0.3, 0.4) is 0 Å². The molecule has 1 atom stereocenters. The number of hydrogen-bond acceptors (Lipinski definition) is 4. The highest BCUT2D eigenvalue weighted by Crippen LogP contribution is 2.44. The van der Waals surface area contributed by atoms with Crippen LogP contribution >= 0.6 is 27.3 Å². The number of rotatable bonds is 1. The van der Waals surface area contributed by atoms with E-state index in [0.717, 1.165) is 8.66 Å². The molecule has 1 aromatic heterocycles. The summed E-state index contributed by atoms with van der Waals surface area (Å²) in [7, 11) is 0. The summed E-state index contributed by atoms with van der Waals surface area (Å²) in [6.45, 7) is 3.58. The molecule has 0 bridgehead atoms. The van der Waals surface area contributed by atoms with Gasteiger partial charge in [0.05, 0.1) is 15.1 Å². The number of carbonyl (C=O) groups is 2. The maximum atomic E-state index is 12.1. The van der Waals surface area contributed by atoms with Gasteiger partial charge in [-0.05, 0) is 41.9 Å². The second kappa shape index (κ2) is 4.18. The normalized spacial score (nSPS) is 25.1. The maximum absolute atomic E-state index is 12.1. The molecule has 3 heterocycles. The molecule has 2 aliphatic heterocycles. The fourth-order valence-corrected chi connectivity index (χ4v) is 4.07. The molecule has 2 aliphatic rings. The third-order valence-electron chi connectivity index (χ3n) is 3.38. The SMILES string of the molecule is CC1(C)OC(=O)C2=C1NC(=O)CC2c1ccc(Br)s1. The molecule has 0 spiro atoms. The van der Waals surface area contributed by atoms with Crippen molar-refractivity contribution < 1.29 is 14.3 Å². The average molecular weight is 342 g/mol. The van der Waals surface area contributed by atoms with E-state index >= 15 is 0 Å². The lowest BCUT2D eigenvalue weighted by atomic mass is 9.86. The summed E-state index contributed by atoms with van der Waals surface area (Å²) >= 11 is 4.95. The number of esters is 1. The molecule has 1 N–H and O–H groups in total. The van der Waals surface area contributed by atoms with Gasteiger partial charge in [-0.3, -0.25) is 4.79 Å². The van der Waals surface area contributed by atoms with Crippen LogP contribution in [0.2, 0.25) is 0 Å². The molecule has 1 amide bonds. The predicted octanol–water partition coefficient (Wildman–Crippen LogP) is 2.70. The number of halogens is 1. The van der Waals surface area contributed by atoms with E-state index in [1.54, 1.807) is 25.2 Å². The lowest BCUT2D eigenvalue weighted by Crippen LogP contribution is -2.38. The standard InChI is InChI=1S/C13H12BrNO3S/c1-13(2)11-10(12(17)18-13)6(5-9(16)15-11)7-3-4-8(14)19-7/h3-4,6H,5H2,1-2H3,(H,15,16). The van der Waals surface area contributed by atoms with Crippen molar-refractivity contribution in [1.29, 1.82) is 0 Å². The molecule has 6 heteroatoms. The van der Waals surface area contributed by atoms with Crippen molar-refractivity contribution in [2.45, 2.75) is 31.8 Å². The molecule has 0 saturated carbocycles. The smallest absolute Gasteiger partial charge is 0.337 e. The summed E-state index contributed by atoms with van der Waals surface area (Å²) in [5.74, 6) is -0.594. The van der Waals surface area contributed by atoms with E-state index < -0.39 is 5.60 Å². The van der Waals surface area contributed by atoms with E-state index in [2.05, 4.69) is 21.2 Å². The van der Waals surface area contributed by atoms with Gasteiger partial charge in [-0.25, -0.2) is 4.79 Å². The molecular weight excluding hydrogens is 330 g/mol. The Kier molecular flexibility index (Phi) is 2.83. The van der Waals surface area contributed by atoms with Crippen LogP contribution in [0.25, 0.3) is 0 Å². The molecular formula is C13H12BrNO3S. The summed E-state index contributed by atoms with van der Waals surface area (Å²) in [6, 6.07) is 3.87. The van der Waals surface area contributed by atoms with Gasteiger partial charge in [0.25, 0.3) is 0 Å². The third kappa shape index (κ3) is 2.03. The van der Waals surface area contributed by atoms with Crippen LogP contribution in [0.4, 0.5) is 0 Å². The zero-order valence-electron chi connectivity index (χ0n) is 10.5. The van der Waals surface area contributed by atoms with E-state index in [4.69, 9.17) is 4.74 Å².